The van der Waals surface area contributed by atoms with Crippen molar-refractivity contribution in [1.29, 1.82) is 0 Å². The smallest absolute Gasteiger partial charge is 0.253 e. The van der Waals surface area contributed by atoms with E-state index in [9.17, 15) is 18.0 Å². The molecule has 2 aliphatic heterocycles. The third kappa shape index (κ3) is 5.81. The molecule has 0 bridgehead atoms. The van der Waals surface area contributed by atoms with Gasteiger partial charge in [0.15, 0.2) is 0 Å². The Labute approximate surface area is 195 Å². The molecule has 2 saturated heterocycles. The zero-order valence-corrected chi connectivity index (χ0v) is 19.6. The second kappa shape index (κ2) is 10.5. The highest BCUT2D eigenvalue weighted by Crippen LogP contribution is 2.23. The van der Waals surface area contributed by atoms with Gasteiger partial charge in [-0.15, -0.1) is 0 Å². The van der Waals surface area contributed by atoms with Crippen LogP contribution in [0.25, 0.3) is 0 Å². The summed E-state index contributed by atoms with van der Waals surface area (Å²) in [4.78, 5) is 29.6. The van der Waals surface area contributed by atoms with Crippen molar-refractivity contribution in [2.75, 3.05) is 26.2 Å². The number of nitrogens with one attached hydrogen (secondary N) is 1. The molecule has 1 N–H and O–H groups in total. The van der Waals surface area contributed by atoms with E-state index in [-0.39, 0.29) is 29.2 Å². The van der Waals surface area contributed by atoms with Gasteiger partial charge in [-0.2, -0.15) is 0 Å². The molecule has 33 heavy (non-hydrogen) atoms. The number of carbonyl (C=O) groups is 2. The molecule has 2 heterocycles. The van der Waals surface area contributed by atoms with Crippen molar-refractivity contribution in [3.8, 4) is 0 Å². The lowest BCUT2D eigenvalue weighted by Crippen LogP contribution is -2.45. The third-order valence-corrected chi connectivity index (χ3v) is 7.90. The van der Waals surface area contributed by atoms with E-state index in [2.05, 4.69) is 4.72 Å². The number of sulfonamides is 1. The zero-order valence-electron chi connectivity index (χ0n) is 18.8. The van der Waals surface area contributed by atoms with Gasteiger partial charge in [0.25, 0.3) is 5.91 Å². The number of amides is 2. The molecule has 2 aromatic rings. The van der Waals surface area contributed by atoms with Gasteiger partial charge in [-0.25, -0.2) is 13.1 Å². The lowest BCUT2D eigenvalue weighted by Gasteiger charge is -2.35. The predicted molar refractivity (Wildman–Crippen MR) is 126 cm³/mol. The van der Waals surface area contributed by atoms with Gasteiger partial charge in [0.05, 0.1) is 4.90 Å². The van der Waals surface area contributed by atoms with Crippen LogP contribution in [-0.2, 0) is 21.4 Å². The summed E-state index contributed by atoms with van der Waals surface area (Å²) in [6.07, 6.45) is 4.63. The average Bonchev–Trinajstić information content (AvgIpc) is 2.88. The van der Waals surface area contributed by atoms with Crippen LogP contribution >= 0.6 is 0 Å². The van der Waals surface area contributed by atoms with Crippen LogP contribution in [0.3, 0.4) is 0 Å². The van der Waals surface area contributed by atoms with Crippen LogP contribution in [0.1, 0.15) is 48.0 Å². The summed E-state index contributed by atoms with van der Waals surface area (Å²) in [6.45, 7) is 2.88. The fourth-order valence-corrected chi connectivity index (χ4v) is 5.60. The minimum Gasteiger partial charge on any atom is -0.342 e. The van der Waals surface area contributed by atoms with Crippen molar-refractivity contribution in [2.24, 2.45) is 5.92 Å². The number of rotatable bonds is 6. The van der Waals surface area contributed by atoms with Crippen molar-refractivity contribution in [1.82, 2.24) is 14.5 Å². The molecule has 0 unspecified atom stereocenters. The van der Waals surface area contributed by atoms with Gasteiger partial charge in [-0.3, -0.25) is 9.59 Å². The molecule has 2 amide bonds. The molecule has 8 heteroatoms. The summed E-state index contributed by atoms with van der Waals surface area (Å²) in [5.74, 6) is -0.000547. The first-order chi connectivity index (χ1) is 15.9. The Bertz CT molecular complexity index is 1070. The van der Waals surface area contributed by atoms with Gasteiger partial charge in [0.2, 0.25) is 15.9 Å². The second-order valence-corrected chi connectivity index (χ2v) is 10.6. The predicted octanol–water partition coefficient (Wildman–Crippen LogP) is 3.03. The summed E-state index contributed by atoms with van der Waals surface area (Å²) < 4.78 is 28.1. The topological polar surface area (TPSA) is 86.8 Å². The molecule has 0 saturated carbocycles. The van der Waals surface area contributed by atoms with Crippen molar-refractivity contribution in [2.45, 2.75) is 43.5 Å². The molecule has 2 fully saturated rings. The first-order valence-corrected chi connectivity index (χ1v) is 13.1. The maximum absolute atomic E-state index is 13.1. The molecule has 4 rings (SSSR count). The summed E-state index contributed by atoms with van der Waals surface area (Å²) in [5.41, 5.74) is 1.20. The minimum absolute atomic E-state index is 0.0268. The van der Waals surface area contributed by atoms with E-state index in [1.807, 2.05) is 35.2 Å². The standard InChI is InChI=1S/C25H31N3O4S/c29-24(27-14-5-2-6-15-27)21-12-16-28(17-13-21)25(30)22-10-7-11-23(18-22)33(31,32)26-19-20-8-3-1-4-9-20/h1,3-4,7-11,18,21,26H,2,5-6,12-17,19H2. The lowest BCUT2D eigenvalue weighted by molar-refractivity contribution is -0.137. The molecule has 0 aliphatic carbocycles. The van der Waals surface area contributed by atoms with Gasteiger partial charge >= 0.3 is 0 Å². The van der Waals surface area contributed by atoms with Crippen LogP contribution in [0.2, 0.25) is 0 Å². The first kappa shape index (κ1) is 23.4. The number of nitrogens with zero attached hydrogens (tertiary/aromatic N) is 2. The van der Waals surface area contributed by atoms with Crippen LogP contribution in [0.4, 0.5) is 0 Å². The monoisotopic (exact) mass is 469 g/mol. The van der Waals surface area contributed by atoms with Crippen LogP contribution in [0, 0.1) is 5.92 Å². The van der Waals surface area contributed by atoms with E-state index in [1.54, 1.807) is 17.0 Å². The molecule has 0 spiro atoms. The number of carbonyl (C=O) groups excluding carboxylic acids is 2. The summed E-state index contributed by atoms with van der Waals surface area (Å²) in [6, 6.07) is 15.4. The Morgan fingerprint density at radius 3 is 2.24 bits per heavy atom. The average molecular weight is 470 g/mol. The highest BCUT2D eigenvalue weighted by Gasteiger charge is 2.31. The largest absolute Gasteiger partial charge is 0.342 e. The lowest BCUT2D eigenvalue weighted by atomic mass is 9.94. The van der Waals surface area contributed by atoms with E-state index < -0.39 is 10.0 Å². The molecule has 0 radical (unpaired) electrons. The number of hydrogen-bond acceptors (Lipinski definition) is 4. The third-order valence-electron chi connectivity index (χ3n) is 6.50. The van der Waals surface area contributed by atoms with Crippen molar-refractivity contribution < 1.29 is 18.0 Å². The molecule has 0 aromatic heterocycles. The molecular formula is C25H31N3O4S. The van der Waals surface area contributed by atoms with Crippen LogP contribution < -0.4 is 4.72 Å². The SMILES string of the molecule is O=C(c1cccc(S(=O)(=O)NCc2ccccc2)c1)N1CCC(C(=O)N2CCCCC2)CC1. The van der Waals surface area contributed by atoms with Crippen LogP contribution in [-0.4, -0.2) is 56.2 Å². The molecule has 2 aromatic carbocycles. The van der Waals surface area contributed by atoms with Crippen molar-refractivity contribution in [3.05, 3.63) is 65.7 Å². The number of benzene rings is 2. The number of piperidine rings is 2. The molecule has 176 valence electrons. The Hall–Kier alpha value is -2.71. The normalized spacial score (nSPS) is 17.7. The fraction of sp³-hybridized carbons (Fsp3) is 0.440. The van der Waals surface area contributed by atoms with Gasteiger partial charge in [0, 0.05) is 44.2 Å². The molecular weight excluding hydrogens is 438 g/mol. The van der Waals surface area contributed by atoms with E-state index >= 15 is 0 Å². The van der Waals surface area contributed by atoms with Crippen LogP contribution in [0.15, 0.2) is 59.5 Å². The van der Waals surface area contributed by atoms with E-state index in [1.165, 1.54) is 18.6 Å². The Balaban J connectivity index is 1.36. The zero-order chi connectivity index (χ0) is 23.3. The number of hydrogen-bond donors (Lipinski definition) is 1. The van der Waals surface area contributed by atoms with Crippen molar-refractivity contribution >= 4 is 21.8 Å². The van der Waals surface area contributed by atoms with Crippen LogP contribution in [0.5, 0.6) is 0 Å². The Kier molecular flexibility index (Phi) is 7.45. The Morgan fingerprint density at radius 1 is 0.848 bits per heavy atom. The summed E-state index contributed by atoms with van der Waals surface area (Å²) in [7, 11) is -3.75. The Morgan fingerprint density at radius 2 is 1.55 bits per heavy atom. The van der Waals surface area contributed by atoms with E-state index in [0.29, 0.717) is 31.5 Å². The fourth-order valence-electron chi connectivity index (χ4n) is 4.54. The van der Waals surface area contributed by atoms with Gasteiger partial charge < -0.3 is 9.80 Å². The second-order valence-electron chi connectivity index (χ2n) is 8.79. The quantitative estimate of drug-likeness (QED) is 0.705. The molecule has 0 atom stereocenters. The molecule has 2 aliphatic rings. The highest BCUT2D eigenvalue weighted by molar-refractivity contribution is 7.89. The maximum Gasteiger partial charge on any atom is 0.253 e. The minimum atomic E-state index is -3.75. The summed E-state index contributed by atoms with van der Waals surface area (Å²) >= 11 is 0. The van der Waals surface area contributed by atoms with Gasteiger partial charge in [-0.1, -0.05) is 36.4 Å². The van der Waals surface area contributed by atoms with E-state index in [4.69, 9.17) is 0 Å². The highest BCUT2D eigenvalue weighted by atomic mass is 32.2. The first-order valence-electron chi connectivity index (χ1n) is 11.7. The number of likely N-dealkylation sites (tertiary alicyclic amines) is 2. The van der Waals surface area contributed by atoms with E-state index in [0.717, 1.165) is 31.5 Å². The molecule has 7 nitrogen and oxygen atoms in total. The summed E-state index contributed by atoms with van der Waals surface area (Å²) in [5, 5.41) is 0. The maximum atomic E-state index is 13.1. The van der Waals surface area contributed by atoms with Crippen molar-refractivity contribution in [3.63, 3.8) is 0 Å². The van der Waals surface area contributed by atoms with Gasteiger partial charge in [-0.05, 0) is 55.9 Å². The van der Waals surface area contributed by atoms with Gasteiger partial charge in [0.1, 0.15) is 0 Å².